The van der Waals surface area contributed by atoms with E-state index in [0.717, 1.165) is 65.1 Å². The maximum absolute atomic E-state index is 12.4. The minimum absolute atomic E-state index is 0.00116. The molecule has 1 atom stereocenters. The summed E-state index contributed by atoms with van der Waals surface area (Å²) in [5.41, 5.74) is 5.81. The predicted octanol–water partition coefficient (Wildman–Crippen LogP) is 4.61. The minimum atomic E-state index is -1.17. The number of H-pyrrole nitrogens is 1. The van der Waals surface area contributed by atoms with Crippen LogP contribution in [0, 0.1) is 0 Å². The Bertz CT molecular complexity index is 1820. The predicted molar refractivity (Wildman–Crippen MR) is 180 cm³/mol. The molecule has 5 aromatic rings. The van der Waals surface area contributed by atoms with Crippen LogP contribution in [0.2, 0.25) is 0 Å². The number of carboxylic acids is 1. The molecule has 3 aromatic carbocycles. The van der Waals surface area contributed by atoms with E-state index >= 15 is 0 Å². The quantitative estimate of drug-likeness (QED) is 0.119. The number of amides is 2. The molecule has 2 aromatic heterocycles. The zero-order valence-electron chi connectivity index (χ0n) is 27.0. The van der Waals surface area contributed by atoms with Crippen LogP contribution in [-0.4, -0.2) is 64.3 Å². The summed E-state index contributed by atoms with van der Waals surface area (Å²) in [5.74, 6) is 0.364. The zero-order chi connectivity index (χ0) is 33.9. The fraction of sp³-hybridized carbons (Fsp3) is 0.314. The first-order valence-corrected chi connectivity index (χ1v) is 16.0. The van der Waals surface area contributed by atoms with Gasteiger partial charge in [-0.15, -0.1) is 10.2 Å². The van der Waals surface area contributed by atoms with Crippen LogP contribution < -0.4 is 10.6 Å². The molecule has 0 fully saturated rings. The number of benzene rings is 3. The van der Waals surface area contributed by atoms with Crippen LogP contribution in [0.15, 0.2) is 72.8 Å². The molecule has 13 nitrogen and oxygen atoms in total. The molecule has 0 saturated carbocycles. The number of aryl methyl sites for hydroxylation is 3. The number of unbranched alkanes of at least 4 members (excludes halogenated alkanes) is 1. The molecule has 2 heterocycles. The molecule has 248 valence electrons. The number of anilines is 1. The number of nitrogens with one attached hydrogen (secondary N) is 3. The molecular weight excluding hydrogens is 610 g/mol. The summed E-state index contributed by atoms with van der Waals surface area (Å²) in [6.45, 7) is 4.02. The summed E-state index contributed by atoms with van der Waals surface area (Å²) in [7, 11) is 0. The normalized spacial score (nSPS) is 11.6. The number of carbonyl (C=O) groups excluding carboxylic acids is 2. The van der Waals surface area contributed by atoms with Gasteiger partial charge in [0.1, 0.15) is 11.9 Å². The minimum Gasteiger partial charge on any atom is -0.480 e. The van der Waals surface area contributed by atoms with E-state index in [0.29, 0.717) is 24.5 Å². The van der Waals surface area contributed by atoms with Crippen molar-refractivity contribution in [1.29, 1.82) is 0 Å². The van der Waals surface area contributed by atoms with Crippen LogP contribution in [0.25, 0.3) is 22.5 Å². The third kappa shape index (κ3) is 9.18. The molecular formula is C35H39N9O4. The van der Waals surface area contributed by atoms with Gasteiger partial charge in [-0.3, -0.25) is 9.59 Å². The van der Waals surface area contributed by atoms with E-state index in [-0.39, 0.29) is 18.7 Å². The second-order valence-electron chi connectivity index (χ2n) is 11.6. The maximum atomic E-state index is 12.4. The molecule has 4 N–H and O–H groups in total. The number of hydrogen-bond donors (Lipinski definition) is 4. The molecule has 1 unspecified atom stereocenters. The fourth-order valence-corrected chi connectivity index (χ4v) is 5.36. The first-order chi connectivity index (χ1) is 23.3. The second kappa shape index (κ2) is 16.2. The van der Waals surface area contributed by atoms with Crippen LogP contribution in [0.4, 0.5) is 5.69 Å². The molecule has 0 radical (unpaired) electrons. The fourth-order valence-electron chi connectivity index (χ4n) is 5.36. The highest BCUT2D eigenvalue weighted by atomic mass is 16.4. The van der Waals surface area contributed by atoms with Crippen molar-refractivity contribution in [2.75, 3.05) is 5.32 Å². The number of aliphatic carboxylic acids is 1. The second-order valence-corrected chi connectivity index (χ2v) is 11.6. The van der Waals surface area contributed by atoms with Crippen LogP contribution in [0.5, 0.6) is 0 Å². The number of aromatic amines is 1. The number of rotatable bonds is 16. The molecule has 0 saturated heterocycles. The standard InChI is InChI=1S/C35H39N9O4/c1-3-4-9-32-38-31(20-14-24-12-17-27(18-13-24)37-33(46)21-19-30(35(47)48)36-23(2)45)41-44(32)22-25-10-15-26(16-11-25)28-7-5-6-8-29(28)34-39-42-43-40-34/h5-8,10-13,15-18,30H,3-4,9,14,19-22H2,1-2H3,(H,36,45)(H,37,46)(H,47,48)(H,39,40,42,43). The molecule has 0 bridgehead atoms. The molecule has 0 aliphatic rings. The summed E-state index contributed by atoms with van der Waals surface area (Å²) in [6, 6.07) is 22.8. The van der Waals surface area contributed by atoms with Crippen LogP contribution in [0.1, 0.15) is 62.3 Å². The molecule has 2 amide bonds. The Morgan fingerprint density at radius 1 is 0.917 bits per heavy atom. The average molecular weight is 650 g/mol. The van der Waals surface area contributed by atoms with Gasteiger partial charge in [-0.1, -0.05) is 74.0 Å². The van der Waals surface area contributed by atoms with Crippen molar-refractivity contribution >= 4 is 23.5 Å². The molecule has 0 aliphatic heterocycles. The highest BCUT2D eigenvalue weighted by Gasteiger charge is 2.19. The van der Waals surface area contributed by atoms with Crippen LogP contribution in [-0.2, 0) is 40.2 Å². The van der Waals surface area contributed by atoms with E-state index in [1.807, 2.05) is 53.2 Å². The highest BCUT2D eigenvalue weighted by molar-refractivity contribution is 5.91. The molecule has 13 heteroatoms. The smallest absolute Gasteiger partial charge is 0.326 e. The number of carbonyl (C=O) groups is 3. The van der Waals surface area contributed by atoms with E-state index in [2.05, 4.69) is 62.4 Å². The summed E-state index contributed by atoms with van der Waals surface area (Å²) in [6.07, 6.45) is 4.32. The Morgan fingerprint density at radius 2 is 1.65 bits per heavy atom. The van der Waals surface area contributed by atoms with E-state index in [1.54, 1.807) is 0 Å². The molecule has 48 heavy (non-hydrogen) atoms. The summed E-state index contributed by atoms with van der Waals surface area (Å²) >= 11 is 0. The summed E-state index contributed by atoms with van der Waals surface area (Å²) in [4.78, 5) is 39.7. The van der Waals surface area contributed by atoms with E-state index < -0.39 is 17.9 Å². The number of aromatic nitrogens is 7. The molecule has 0 aliphatic carbocycles. The molecule has 5 rings (SSSR count). The zero-order valence-corrected chi connectivity index (χ0v) is 27.0. The topological polar surface area (TPSA) is 181 Å². The number of carboxylic acid groups (broad SMARTS) is 1. The van der Waals surface area contributed by atoms with Gasteiger partial charge in [0, 0.05) is 37.4 Å². The van der Waals surface area contributed by atoms with Gasteiger partial charge in [0.25, 0.3) is 0 Å². The average Bonchev–Trinajstić information content (AvgIpc) is 3.76. The first kappa shape index (κ1) is 33.6. The SMILES string of the molecule is CCCCc1nc(CCc2ccc(NC(=O)CCC(NC(C)=O)C(=O)O)cc2)nn1Cc1ccc(-c2ccccc2-c2nn[nH]n2)cc1. The lowest BCUT2D eigenvalue weighted by Crippen LogP contribution is -2.40. The van der Waals surface area contributed by atoms with Crippen molar-refractivity contribution in [1.82, 2.24) is 40.7 Å². The van der Waals surface area contributed by atoms with Gasteiger partial charge in [-0.05, 0) is 58.9 Å². The third-order valence-corrected chi connectivity index (χ3v) is 7.87. The lowest BCUT2D eigenvalue weighted by atomic mass is 9.98. The van der Waals surface area contributed by atoms with Gasteiger partial charge in [0.15, 0.2) is 5.82 Å². The Morgan fingerprint density at radius 3 is 2.31 bits per heavy atom. The van der Waals surface area contributed by atoms with Gasteiger partial charge in [-0.2, -0.15) is 10.3 Å². The van der Waals surface area contributed by atoms with Gasteiger partial charge < -0.3 is 15.7 Å². The number of hydrogen-bond acceptors (Lipinski definition) is 8. The van der Waals surface area contributed by atoms with Crippen molar-refractivity contribution in [3.63, 3.8) is 0 Å². The van der Waals surface area contributed by atoms with Gasteiger partial charge >= 0.3 is 5.97 Å². The molecule has 0 spiro atoms. The Hall–Kier alpha value is -5.72. The van der Waals surface area contributed by atoms with E-state index in [9.17, 15) is 19.5 Å². The van der Waals surface area contributed by atoms with Crippen molar-refractivity contribution in [2.24, 2.45) is 0 Å². The van der Waals surface area contributed by atoms with Gasteiger partial charge in [0.05, 0.1) is 6.54 Å². The Kier molecular flexibility index (Phi) is 11.4. The lowest BCUT2D eigenvalue weighted by molar-refractivity contribution is -0.141. The number of tetrazole rings is 1. The van der Waals surface area contributed by atoms with Gasteiger partial charge in [0.2, 0.25) is 17.6 Å². The Labute approximate surface area is 278 Å². The highest BCUT2D eigenvalue weighted by Crippen LogP contribution is 2.30. The first-order valence-electron chi connectivity index (χ1n) is 16.0. The van der Waals surface area contributed by atoms with Crippen LogP contribution in [0.3, 0.4) is 0 Å². The number of nitrogens with zero attached hydrogens (tertiary/aromatic N) is 6. The summed E-state index contributed by atoms with van der Waals surface area (Å²) in [5, 5.41) is 33.7. The summed E-state index contributed by atoms with van der Waals surface area (Å²) < 4.78 is 2.01. The van der Waals surface area contributed by atoms with Crippen molar-refractivity contribution in [3.8, 4) is 22.5 Å². The van der Waals surface area contributed by atoms with E-state index in [1.165, 1.54) is 6.92 Å². The Balaban J connectivity index is 1.18. The lowest BCUT2D eigenvalue weighted by Gasteiger charge is -2.13. The third-order valence-electron chi connectivity index (χ3n) is 7.87. The van der Waals surface area contributed by atoms with Gasteiger partial charge in [-0.25, -0.2) is 14.5 Å². The largest absolute Gasteiger partial charge is 0.480 e. The maximum Gasteiger partial charge on any atom is 0.326 e. The van der Waals surface area contributed by atoms with Crippen molar-refractivity contribution < 1.29 is 19.5 Å². The van der Waals surface area contributed by atoms with Crippen LogP contribution >= 0.6 is 0 Å². The van der Waals surface area contributed by atoms with Crippen molar-refractivity contribution in [2.45, 2.75) is 71.4 Å². The van der Waals surface area contributed by atoms with Crippen molar-refractivity contribution in [3.05, 3.63) is 95.6 Å². The van der Waals surface area contributed by atoms with E-state index in [4.69, 9.17) is 10.1 Å². The monoisotopic (exact) mass is 649 g/mol.